The number of rotatable bonds is 4. The topological polar surface area (TPSA) is 105 Å². The van der Waals surface area contributed by atoms with Crippen molar-refractivity contribution < 1.29 is 14.5 Å². The van der Waals surface area contributed by atoms with Crippen molar-refractivity contribution >= 4 is 5.97 Å². The number of nitro groups is 1. The lowest BCUT2D eigenvalue weighted by Gasteiger charge is -2.33. The highest BCUT2D eigenvalue weighted by Crippen LogP contribution is 2.46. The van der Waals surface area contributed by atoms with E-state index in [1.807, 2.05) is 6.07 Å². The van der Waals surface area contributed by atoms with E-state index in [4.69, 9.17) is 10.00 Å². The zero-order valence-electron chi connectivity index (χ0n) is 13.9. The van der Waals surface area contributed by atoms with E-state index in [2.05, 4.69) is 5.32 Å². The summed E-state index contributed by atoms with van der Waals surface area (Å²) in [6.45, 7) is 0. The molecule has 2 aromatic carbocycles. The molecule has 0 radical (unpaired) electrons. The summed E-state index contributed by atoms with van der Waals surface area (Å²) in [5, 5.41) is 23.5. The van der Waals surface area contributed by atoms with Crippen molar-refractivity contribution in [2.45, 2.75) is 11.5 Å². The number of nitrogens with one attached hydrogen (secondary N) is 1. The number of nitrogens with zero attached hydrogens (tertiary/aromatic N) is 2. The summed E-state index contributed by atoms with van der Waals surface area (Å²) >= 11 is 0. The van der Waals surface area contributed by atoms with E-state index in [-0.39, 0.29) is 5.70 Å². The fourth-order valence-electron chi connectivity index (χ4n) is 3.31. The van der Waals surface area contributed by atoms with Gasteiger partial charge in [-0.3, -0.25) is 10.1 Å². The number of ether oxygens (including phenoxy) is 1. The molecule has 0 aliphatic carbocycles. The van der Waals surface area contributed by atoms with Crippen molar-refractivity contribution in [3.8, 4) is 6.07 Å². The molecule has 0 unspecified atom stereocenters. The molecule has 0 saturated heterocycles. The Kier molecular flexibility index (Phi) is 4.42. The summed E-state index contributed by atoms with van der Waals surface area (Å²) in [6, 6.07) is 17.1. The molecule has 0 bridgehead atoms. The third-order valence-corrected chi connectivity index (χ3v) is 4.50. The van der Waals surface area contributed by atoms with Gasteiger partial charge in [0.25, 0.3) is 5.70 Å². The second-order valence-corrected chi connectivity index (χ2v) is 5.80. The lowest BCUT2D eigenvalue weighted by atomic mass is 9.74. The predicted octanol–water partition coefficient (Wildman–Crippen LogP) is 2.43. The Balaban J connectivity index is 2.23. The molecule has 7 heteroatoms. The number of nitriles is 1. The maximum atomic E-state index is 12.8. The molecule has 130 valence electrons. The fourth-order valence-corrected chi connectivity index (χ4v) is 3.31. The van der Waals surface area contributed by atoms with E-state index >= 15 is 0 Å². The summed E-state index contributed by atoms with van der Waals surface area (Å²) in [6.07, 6.45) is 1.24. The Hall–Kier alpha value is -3.66. The van der Waals surface area contributed by atoms with Gasteiger partial charge in [-0.2, -0.15) is 5.26 Å². The maximum Gasteiger partial charge on any atom is 0.337 e. The highest BCUT2D eigenvalue weighted by atomic mass is 16.6. The molecule has 0 saturated carbocycles. The van der Waals surface area contributed by atoms with Crippen molar-refractivity contribution in [2.24, 2.45) is 0 Å². The minimum Gasteiger partial charge on any atom is -0.467 e. The van der Waals surface area contributed by atoms with Crippen LogP contribution in [0.1, 0.15) is 22.6 Å². The average molecular weight is 349 g/mol. The molecule has 0 aromatic heterocycles. The van der Waals surface area contributed by atoms with Gasteiger partial charge in [-0.15, -0.1) is 0 Å². The number of carbonyl (C=O) groups excluding carboxylic acids is 1. The number of hydrogen-bond acceptors (Lipinski definition) is 6. The first-order valence-electron chi connectivity index (χ1n) is 7.80. The van der Waals surface area contributed by atoms with Crippen molar-refractivity contribution in [2.75, 3.05) is 7.11 Å². The predicted molar refractivity (Wildman–Crippen MR) is 92.2 cm³/mol. The highest BCUT2D eigenvalue weighted by molar-refractivity contribution is 5.86. The number of methoxy groups -OCH3 is 1. The summed E-state index contributed by atoms with van der Waals surface area (Å²) in [7, 11) is 1.24. The molecule has 7 nitrogen and oxygen atoms in total. The van der Waals surface area contributed by atoms with Crippen LogP contribution in [0.25, 0.3) is 0 Å². The molecule has 0 spiro atoms. The molecule has 3 rings (SSSR count). The molecule has 0 fully saturated rings. The van der Waals surface area contributed by atoms with Gasteiger partial charge >= 0.3 is 5.97 Å². The monoisotopic (exact) mass is 349 g/mol. The summed E-state index contributed by atoms with van der Waals surface area (Å²) in [5.41, 5.74) is -0.105. The Morgan fingerprint density at radius 2 is 1.88 bits per heavy atom. The van der Waals surface area contributed by atoms with Gasteiger partial charge in [0.15, 0.2) is 5.54 Å². The highest BCUT2D eigenvalue weighted by Gasteiger charge is 2.57. The number of hydrogen-bond donors (Lipinski definition) is 1. The number of esters is 1. The Bertz CT molecular complexity index is 916. The van der Waals surface area contributed by atoms with Crippen molar-refractivity contribution in [3.05, 3.63) is 93.3 Å². The van der Waals surface area contributed by atoms with Crippen LogP contribution >= 0.6 is 0 Å². The molecular weight excluding hydrogens is 334 g/mol. The molecule has 2 aromatic rings. The van der Waals surface area contributed by atoms with Crippen LogP contribution in [0, 0.1) is 21.4 Å². The minimum absolute atomic E-state index is 0.149. The molecule has 1 aliphatic heterocycles. The molecule has 1 aliphatic rings. The third kappa shape index (κ3) is 2.58. The first-order chi connectivity index (χ1) is 12.5. The van der Waals surface area contributed by atoms with Gasteiger partial charge < -0.3 is 10.1 Å². The Labute approximate surface area is 149 Å². The van der Waals surface area contributed by atoms with E-state index < -0.39 is 22.3 Å². The van der Waals surface area contributed by atoms with Crippen LogP contribution in [0.4, 0.5) is 0 Å². The van der Waals surface area contributed by atoms with Gasteiger partial charge in [-0.25, -0.2) is 4.79 Å². The second-order valence-electron chi connectivity index (χ2n) is 5.80. The summed E-state index contributed by atoms with van der Waals surface area (Å²) < 4.78 is 5.01. The zero-order chi connectivity index (χ0) is 18.7. The van der Waals surface area contributed by atoms with Gasteiger partial charge in [0.1, 0.15) is 5.92 Å². The van der Waals surface area contributed by atoms with Crippen LogP contribution in [0.5, 0.6) is 0 Å². The summed E-state index contributed by atoms with van der Waals surface area (Å²) in [5.74, 6) is -1.55. The smallest absolute Gasteiger partial charge is 0.337 e. The van der Waals surface area contributed by atoms with E-state index in [0.29, 0.717) is 16.7 Å². The van der Waals surface area contributed by atoms with E-state index in [1.165, 1.54) is 13.3 Å². The van der Waals surface area contributed by atoms with Crippen LogP contribution in [0.15, 0.2) is 66.5 Å². The van der Waals surface area contributed by atoms with E-state index in [0.717, 1.165) is 0 Å². The lowest BCUT2D eigenvalue weighted by Crippen LogP contribution is -2.49. The quantitative estimate of drug-likeness (QED) is 0.516. The maximum absolute atomic E-state index is 12.8. The standard InChI is InChI=1S/C19H15N3O4/c1-26-18(23)19(15-5-3-2-4-6-15)17(16(12-21-19)22(24)25)14-9-7-13(11-20)8-10-14/h2-10,12,17,21H,1H3/t17-,19-/m0/s1. The molecule has 2 atom stereocenters. The lowest BCUT2D eigenvalue weighted by molar-refractivity contribution is -0.430. The fraction of sp³-hybridized carbons (Fsp3) is 0.158. The largest absolute Gasteiger partial charge is 0.467 e. The Morgan fingerprint density at radius 3 is 2.42 bits per heavy atom. The van der Waals surface area contributed by atoms with Gasteiger partial charge in [0.05, 0.1) is 29.9 Å². The van der Waals surface area contributed by atoms with Gasteiger partial charge in [-0.1, -0.05) is 42.5 Å². The Morgan fingerprint density at radius 1 is 1.23 bits per heavy atom. The zero-order valence-corrected chi connectivity index (χ0v) is 13.9. The normalized spacial score (nSPS) is 21.2. The number of carbonyl (C=O) groups is 1. The van der Waals surface area contributed by atoms with E-state index in [1.54, 1.807) is 54.6 Å². The van der Waals surface area contributed by atoms with Gasteiger partial charge in [0.2, 0.25) is 0 Å². The number of benzene rings is 2. The minimum atomic E-state index is -1.47. The van der Waals surface area contributed by atoms with Gasteiger partial charge in [-0.05, 0) is 23.3 Å². The average Bonchev–Trinajstić information content (AvgIpc) is 3.10. The SMILES string of the molecule is COC(=O)[C@@]1(c2ccccc2)NC=C([N+](=O)[O-])[C@@H]1c1ccc(C#N)cc1. The van der Waals surface area contributed by atoms with Crippen molar-refractivity contribution in [1.29, 1.82) is 5.26 Å². The first kappa shape index (κ1) is 17.2. The van der Waals surface area contributed by atoms with Crippen LogP contribution < -0.4 is 5.32 Å². The van der Waals surface area contributed by atoms with Crippen molar-refractivity contribution in [3.63, 3.8) is 0 Å². The second kappa shape index (κ2) is 6.69. The molecular formula is C19H15N3O4. The van der Waals surface area contributed by atoms with Crippen LogP contribution in [-0.2, 0) is 15.1 Å². The molecule has 26 heavy (non-hydrogen) atoms. The molecule has 0 amide bonds. The van der Waals surface area contributed by atoms with Crippen LogP contribution in [0.3, 0.4) is 0 Å². The van der Waals surface area contributed by atoms with Crippen LogP contribution in [0.2, 0.25) is 0 Å². The van der Waals surface area contributed by atoms with E-state index in [9.17, 15) is 14.9 Å². The van der Waals surface area contributed by atoms with Crippen LogP contribution in [-0.4, -0.2) is 18.0 Å². The third-order valence-electron chi connectivity index (χ3n) is 4.50. The van der Waals surface area contributed by atoms with Gasteiger partial charge in [0, 0.05) is 0 Å². The first-order valence-corrected chi connectivity index (χ1v) is 7.80. The molecule has 1 N–H and O–H groups in total. The summed E-state index contributed by atoms with van der Waals surface area (Å²) in [4.78, 5) is 23.9. The van der Waals surface area contributed by atoms with Crippen molar-refractivity contribution in [1.82, 2.24) is 5.32 Å². The molecule has 1 heterocycles.